The van der Waals surface area contributed by atoms with E-state index in [0.717, 1.165) is 33.3 Å². The third kappa shape index (κ3) is 17.0. The van der Waals surface area contributed by atoms with Crippen LogP contribution in [0.2, 0.25) is 0 Å². The van der Waals surface area contributed by atoms with E-state index in [1.165, 1.54) is 17.7 Å². The van der Waals surface area contributed by atoms with Crippen molar-refractivity contribution < 1.29 is 38.7 Å². The molecule has 2 atom stereocenters. The first-order valence-corrected chi connectivity index (χ1v) is 25.9. The number of hydrogen-bond acceptors (Lipinski definition) is 12. The van der Waals surface area contributed by atoms with Crippen molar-refractivity contribution >= 4 is 57.3 Å². The van der Waals surface area contributed by atoms with Crippen molar-refractivity contribution in [2.75, 3.05) is 27.2 Å². The van der Waals surface area contributed by atoms with E-state index in [-0.39, 0.29) is 38.7 Å². The predicted molar refractivity (Wildman–Crippen MR) is 301 cm³/mol. The lowest BCUT2D eigenvalue weighted by Crippen LogP contribution is -2.41. The van der Waals surface area contributed by atoms with E-state index in [0.29, 0.717) is 29.7 Å². The smallest absolute Gasteiger partial charge is 0.405 e. The molecule has 0 radical (unpaired) electrons. The van der Waals surface area contributed by atoms with Crippen molar-refractivity contribution in [3.8, 4) is 11.1 Å². The van der Waals surface area contributed by atoms with Gasteiger partial charge in [0.1, 0.15) is 0 Å². The van der Waals surface area contributed by atoms with Crippen molar-refractivity contribution in [2.24, 2.45) is 0 Å². The average Bonchev–Trinajstić information content (AvgIpc) is 3.72. The molecule has 18 heteroatoms. The van der Waals surface area contributed by atoms with Gasteiger partial charge in [-0.15, -0.1) is 0 Å². The van der Waals surface area contributed by atoms with Crippen molar-refractivity contribution in [3.63, 3.8) is 0 Å². The Balaban J connectivity index is 0.000000192. The minimum absolute atomic E-state index is 0.0995. The molecule has 2 saturated heterocycles. The highest BCUT2D eigenvalue weighted by molar-refractivity contribution is 9.10. The number of halogens is 2. The fourth-order valence-corrected chi connectivity index (χ4v) is 8.45. The van der Waals surface area contributed by atoms with E-state index in [1.807, 2.05) is 167 Å². The molecule has 0 aromatic heterocycles. The van der Waals surface area contributed by atoms with Crippen LogP contribution < -0.4 is 0 Å². The molecule has 0 saturated carbocycles. The Bertz CT molecular complexity index is 2660. The summed E-state index contributed by atoms with van der Waals surface area (Å²) in [6.45, 7) is 18.9. The van der Waals surface area contributed by atoms with Crippen LogP contribution in [0.5, 0.6) is 0 Å². The fraction of sp³-hybridized carbons (Fsp3) is 0.357. The molecule has 2 heterocycles. The molecule has 0 aliphatic carbocycles. The maximum Gasteiger partial charge on any atom is 0.488 e. The Kier molecular flexibility index (Phi) is 21.5. The molecule has 2 aliphatic heterocycles. The van der Waals surface area contributed by atoms with Gasteiger partial charge in [0.2, 0.25) is 0 Å². The van der Waals surface area contributed by atoms with Gasteiger partial charge in [0, 0.05) is 42.8 Å². The zero-order valence-corrected chi connectivity index (χ0v) is 47.0. The van der Waals surface area contributed by atoms with Crippen LogP contribution >= 0.6 is 31.9 Å². The summed E-state index contributed by atoms with van der Waals surface area (Å²) in [7, 11) is 3.03. The van der Waals surface area contributed by atoms with Crippen molar-refractivity contribution in [1.29, 1.82) is 0 Å². The quantitative estimate of drug-likeness (QED) is 0.0602. The number of hydrogen-bond donors (Lipinski definition) is 2. The lowest BCUT2D eigenvalue weighted by Gasteiger charge is -2.32. The topological polar surface area (TPSA) is 170 Å². The van der Waals surface area contributed by atoms with E-state index in [4.69, 9.17) is 18.6 Å². The second-order valence-corrected chi connectivity index (χ2v) is 22.1. The van der Waals surface area contributed by atoms with Crippen LogP contribution in [0.4, 0.5) is 11.4 Å². The highest BCUT2D eigenvalue weighted by atomic mass is 79.9. The monoisotopic (exact) mass is 1140 g/mol. The summed E-state index contributed by atoms with van der Waals surface area (Å²) < 4.78 is 25.4. The minimum Gasteiger partial charge on any atom is -0.405 e. The summed E-state index contributed by atoms with van der Waals surface area (Å²) in [4.78, 5) is 24.8. The molecule has 6 aromatic carbocycles. The number of nitro groups is 2. The molecule has 0 amide bonds. The van der Waals surface area contributed by atoms with Crippen molar-refractivity contribution in [2.45, 2.75) is 103 Å². The van der Waals surface area contributed by atoms with Crippen LogP contribution in [0, 0.1) is 20.2 Å². The normalized spacial score (nSPS) is 16.7. The number of benzene rings is 6. The summed E-state index contributed by atoms with van der Waals surface area (Å²) in [5, 5.41) is 41.9. The number of nitro benzene ring substituents is 2. The number of para-hydroxylation sites is 2. The molecule has 2 unspecified atom stereocenters. The molecular weight excluding hydrogens is 1070 g/mol. The maximum absolute atomic E-state index is 11.2. The summed E-state index contributed by atoms with van der Waals surface area (Å²) in [5.74, 6) is 0. The molecule has 2 fully saturated rings. The Labute approximate surface area is 453 Å². The summed E-state index contributed by atoms with van der Waals surface area (Å²) in [6, 6.07) is 48.6. The number of likely N-dealkylation sites (N-methyl/N-ethyl adjacent to an activating group) is 2. The summed E-state index contributed by atoms with van der Waals surface area (Å²) in [5.41, 5.74) is 4.38. The molecular formula is C56H68B2Br2N4O10. The first-order valence-electron chi connectivity index (χ1n) is 24.3. The Morgan fingerprint density at radius 3 is 1.20 bits per heavy atom. The highest BCUT2D eigenvalue weighted by Gasteiger charge is 2.63. The van der Waals surface area contributed by atoms with Gasteiger partial charge >= 0.3 is 14.0 Å². The zero-order chi connectivity index (χ0) is 54.4. The van der Waals surface area contributed by atoms with Gasteiger partial charge in [-0.1, -0.05) is 137 Å². The average molecular weight is 1140 g/mol. The molecule has 74 heavy (non-hydrogen) atoms. The number of aliphatic hydroxyl groups excluding tert-OH is 2. The second-order valence-electron chi connectivity index (χ2n) is 20.3. The molecule has 2 aliphatic rings. The van der Waals surface area contributed by atoms with Gasteiger partial charge in [-0.05, 0) is 137 Å². The van der Waals surface area contributed by atoms with Gasteiger partial charge in [-0.25, -0.2) is 0 Å². The second kappa shape index (κ2) is 26.6. The molecule has 392 valence electrons. The SMILES string of the molecule is CC1(C)OB(B2OC(C)(C)C(C)(C)O2)OC1(C)C.CN(Cc1ccc(-c2ccccc2[N+](=O)[O-])cc1)CC(O)c1ccccc1.CN(Cc1ccc(Br)cc1)CC(O)c1ccccc1.O=[N+]([O-])c1ccccc1Br. The van der Waals surface area contributed by atoms with Crippen molar-refractivity contribution in [3.05, 3.63) is 209 Å². The van der Waals surface area contributed by atoms with Gasteiger partial charge in [0.05, 0.1) is 54.5 Å². The standard InChI is InChI=1S/C22H22N2O3.C16H18BrNO.C12H24B2O4.C6H4BrNO2/c1-23(16-22(25)19-7-3-2-4-8-19)15-17-11-13-18(14-12-17)20-9-5-6-10-21(20)24(26)27;1-18(11-13-7-9-15(17)10-8-13)12-16(19)14-5-3-2-4-6-14;1-9(2)10(3,4)16-13(15-9)14-17-11(5,6)12(7,8)18-14;7-5-3-1-2-4-6(5)8(9)10/h2-14,22,25H,15-16H2,1H3;2-10,16,19H,11-12H2,1H3;1-8H3;1-4H. The van der Waals surface area contributed by atoms with Gasteiger partial charge < -0.3 is 28.8 Å². The lowest BCUT2D eigenvalue weighted by atomic mass is 9.49. The Morgan fingerprint density at radius 1 is 0.500 bits per heavy atom. The van der Waals surface area contributed by atoms with Crippen LogP contribution in [-0.4, -0.2) is 93.5 Å². The minimum atomic E-state index is -0.539. The first kappa shape index (κ1) is 59.8. The zero-order valence-electron chi connectivity index (χ0n) is 43.9. The lowest BCUT2D eigenvalue weighted by molar-refractivity contribution is -0.385. The van der Waals surface area contributed by atoms with Crippen LogP contribution in [0.15, 0.2) is 167 Å². The largest absolute Gasteiger partial charge is 0.488 e. The van der Waals surface area contributed by atoms with Gasteiger partial charge in [-0.2, -0.15) is 0 Å². The van der Waals surface area contributed by atoms with Crippen LogP contribution in [0.1, 0.15) is 89.9 Å². The van der Waals surface area contributed by atoms with Gasteiger partial charge in [-0.3, -0.25) is 30.0 Å². The molecule has 2 N–H and O–H groups in total. The fourth-order valence-electron chi connectivity index (χ4n) is 7.76. The Hall–Kier alpha value is -5.11. The number of aliphatic hydroxyl groups is 2. The maximum atomic E-state index is 11.2. The number of nitrogens with zero attached hydrogens (tertiary/aromatic N) is 4. The molecule has 6 aromatic rings. The van der Waals surface area contributed by atoms with Crippen molar-refractivity contribution in [1.82, 2.24) is 9.80 Å². The number of rotatable bonds is 14. The summed E-state index contributed by atoms with van der Waals surface area (Å²) in [6.07, 6.45) is -0.982. The van der Waals surface area contributed by atoms with Crippen LogP contribution in [-0.2, 0) is 31.7 Å². The van der Waals surface area contributed by atoms with Gasteiger partial charge in [0.15, 0.2) is 0 Å². The molecule has 14 nitrogen and oxygen atoms in total. The van der Waals surface area contributed by atoms with E-state index in [1.54, 1.807) is 36.4 Å². The Morgan fingerprint density at radius 2 is 0.838 bits per heavy atom. The predicted octanol–water partition coefficient (Wildman–Crippen LogP) is 12.6. The van der Waals surface area contributed by atoms with Crippen LogP contribution in [0.3, 0.4) is 0 Å². The van der Waals surface area contributed by atoms with E-state index < -0.39 is 31.1 Å². The van der Waals surface area contributed by atoms with E-state index in [9.17, 15) is 30.4 Å². The van der Waals surface area contributed by atoms with Crippen LogP contribution in [0.25, 0.3) is 11.1 Å². The third-order valence-corrected chi connectivity index (χ3v) is 14.5. The molecule has 0 bridgehead atoms. The van der Waals surface area contributed by atoms with E-state index in [2.05, 4.69) is 53.8 Å². The third-order valence-electron chi connectivity index (χ3n) is 13.3. The first-order chi connectivity index (χ1) is 34.8. The van der Waals surface area contributed by atoms with Gasteiger partial charge in [0.25, 0.3) is 11.4 Å². The van der Waals surface area contributed by atoms with E-state index >= 15 is 0 Å². The summed E-state index contributed by atoms with van der Waals surface area (Å²) >= 11 is 6.48. The molecule has 0 spiro atoms. The highest BCUT2D eigenvalue weighted by Crippen LogP contribution is 2.43. The molecule has 8 rings (SSSR count).